The van der Waals surface area contributed by atoms with Gasteiger partial charge in [0.1, 0.15) is 17.6 Å². The zero-order valence-electron chi connectivity index (χ0n) is 22.6. The first kappa shape index (κ1) is 28.6. The van der Waals surface area contributed by atoms with Gasteiger partial charge < -0.3 is 16.4 Å². The van der Waals surface area contributed by atoms with Gasteiger partial charge in [0, 0.05) is 18.2 Å². The molecule has 2 heterocycles. The van der Waals surface area contributed by atoms with E-state index in [1.807, 2.05) is 42.5 Å². The van der Waals surface area contributed by atoms with Crippen molar-refractivity contribution in [1.82, 2.24) is 9.55 Å². The fourth-order valence-electron chi connectivity index (χ4n) is 5.12. The minimum Gasteiger partial charge on any atom is -0.375 e. The summed E-state index contributed by atoms with van der Waals surface area (Å²) < 4.78 is 40.9. The Morgan fingerprint density at radius 3 is 2.36 bits per heavy atom. The van der Waals surface area contributed by atoms with Crippen LogP contribution in [0.2, 0.25) is 0 Å². The molecular formula is C31H28F3N5O3. The van der Waals surface area contributed by atoms with Crippen LogP contribution in [0.3, 0.4) is 0 Å². The molecular weight excluding hydrogens is 547 g/mol. The van der Waals surface area contributed by atoms with Gasteiger partial charge in [-0.05, 0) is 47.4 Å². The van der Waals surface area contributed by atoms with E-state index in [0.717, 1.165) is 23.3 Å². The lowest BCUT2D eigenvalue weighted by Crippen LogP contribution is -2.35. The largest absolute Gasteiger partial charge is 0.416 e. The molecule has 2 atom stereocenters. The summed E-state index contributed by atoms with van der Waals surface area (Å²) in [6.07, 6.45) is -4.55. The third-order valence-electron chi connectivity index (χ3n) is 7.20. The van der Waals surface area contributed by atoms with Crippen LogP contribution in [0.1, 0.15) is 47.9 Å². The van der Waals surface area contributed by atoms with Gasteiger partial charge in [-0.25, -0.2) is 4.98 Å². The third kappa shape index (κ3) is 6.04. The van der Waals surface area contributed by atoms with Gasteiger partial charge in [0.2, 0.25) is 11.8 Å². The van der Waals surface area contributed by atoms with Crippen molar-refractivity contribution in [2.24, 2.45) is 5.73 Å². The minimum absolute atomic E-state index is 0.0777. The highest BCUT2D eigenvalue weighted by molar-refractivity contribution is 5.93. The second kappa shape index (κ2) is 11.5. The van der Waals surface area contributed by atoms with Crippen LogP contribution in [0.5, 0.6) is 0 Å². The summed E-state index contributed by atoms with van der Waals surface area (Å²) >= 11 is 0. The molecule has 0 bridgehead atoms. The number of primary amides is 1. The van der Waals surface area contributed by atoms with Crippen molar-refractivity contribution in [3.8, 4) is 11.1 Å². The summed E-state index contributed by atoms with van der Waals surface area (Å²) in [6.45, 7) is 1.65. The van der Waals surface area contributed by atoms with Crippen LogP contribution in [0.15, 0.2) is 83.7 Å². The van der Waals surface area contributed by atoms with Crippen LogP contribution >= 0.6 is 0 Å². The summed E-state index contributed by atoms with van der Waals surface area (Å²) in [5.74, 6) is -1.10. The molecule has 1 aromatic heterocycles. The van der Waals surface area contributed by atoms with Gasteiger partial charge in [-0.1, -0.05) is 61.5 Å². The Morgan fingerprint density at radius 1 is 1.00 bits per heavy atom. The second-order valence-electron chi connectivity index (χ2n) is 10.2. The number of fused-ring (bicyclic) bond motifs is 1. The van der Waals surface area contributed by atoms with Crippen molar-refractivity contribution in [3.05, 3.63) is 112 Å². The number of nitrogens with one attached hydrogen (secondary N) is 2. The Kier molecular flexibility index (Phi) is 7.84. The summed E-state index contributed by atoms with van der Waals surface area (Å²) in [5.41, 5.74) is 6.96. The smallest absolute Gasteiger partial charge is 0.375 e. The SMILES string of the molecule is CC1CC(C(N)=O)n2c1nc(CC(=O)Nc1ccc(-c3ccccc3)cc1)c(NCc1cccc(C(F)(F)F)c1)c2=O. The van der Waals surface area contributed by atoms with Crippen LogP contribution in [-0.2, 0) is 28.7 Å². The number of hydrogen-bond donors (Lipinski definition) is 3. The normalized spacial score (nSPS) is 16.1. The number of aromatic nitrogens is 2. The van der Waals surface area contributed by atoms with E-state index in [1.54, 1.807) is 19.1 Å². The standard InChI is InChI=1S/C31H28F3N5O3/c1-18-14-25(28(35)41)39-29(18)38-24(27(30(39)42)36-17-19-6-5-9-22(15-19)31(32,33)34)16-26(40)37-23-12-10-21(11-13-23)20-7-3-2-4-8-20/h2-13,15,18,25,36H,14,16-17H2,1H3,(H2,35,41)(H,37,40). The van der Waals surface area contributed by atoms with Crippen molar-refractivity contribution in [1.29, 1.82) is 0 Å². The fourth-order valence-corrected chi connectivity index (χ4v) is 5.12. The van der Waals surface area contributed by atoms with E-state index >= 15 is 0 Å². The van der Waals surface area contributed by atoms with Crippen molar-refractivity contribution in [2.45, 2.75) is 44.4 Å². The number of benzene rings is 3. The number of halogens is 3. The zero-order valence-corrected chi connectivity index (χ0v) is 22.6. The number of anilines is 2. The molecule has 4 N–H and O–H groups in total. The van der Waals surface area contributed by atoms with E-state index in [9.17, 15) is 27.6 Å². The van der Waals surface area contributed by atoms with Crippen LogP contribution in [-0.4, -0.2) is 21.4 Å². The predicted molar refractivity (Wildman–Crippen MR) is 153 cm³/mol. The number of carbonyl (C=O) groups excluding carboxylic acids is 2. The first-order chi connectivity index (χ1) is 20.0. The van der Waals surface area contributed by atoms with Crippen molar-refractivity contribution in [2.75, 3.05) is 10.6 Å². The van der Waals surface area contributed by atoms with E-state index in [1.165, 1.54) is 16.7 Å². The van der Waals surface area contributed by atoms with E-state index in [2.05, 4.69) is 15.6 Å². The fraction of sp³-hybridized carbons (Fsp3) is 0.226. The van der Waals surface area contributed by atoms with E-state index < -0.39 is 35.2 Å². The maximum atomic E-state index is 13.6. The van der Waals surface area contributed by atoms with Gasteiger partial charge in [0.25, 0.3) is 5.56 Å². The quantitative estimate of drug-likeness (QED) is 0.265. The second-order valence-corrected chi connectivity index (χ2v) is 10.2. The highest BCUT2D eigenvalue weighted by atomic mass is 19.4. The molecule has 2 unspecified atom stereocenters. The topological polar surface area (TPSA) is 119 Å². The Hall–Kier alpha value is -4.93. The molecule has 0 spiro atoms. The molecule has 0 radical (unpaired) electrons. The molecule has 0 aliphatic carbocycles. The molecule has 0 saturated carbocycles. The summed E-state index contributed by atoms with van der Waals surface area (Å²) in [5, 5.41) is 5.69. The minimum atomic E-state index is -4.53. The Balaban J connectivity index is 1.42. The molecule has 1 aliphatic rings. The number of rotatable bonds is 8. The maximum Gasteiger partial charge on any atom is 0.416 e. The van der Waals surface area contributed by atoms with Crippen LogP contribution in [0.4, 0.5) is 24.5 Å². The van der Waals surface area contributed by atoms with Crippen molar-refractivity contribution >= 4 is 23.2 Å². The average Bonchev–Trinajstić information content (AvgIpc) is 3.30. The van der Waals surface area contributed by atoms with E-state index in [4.69, 9.17) is 5.73 Å². The molecule has 0 fully saturated rings. The lowest BCUT2D eigenvalue weighted by atomic mass is 10.1. The molecule has 8 nitrogen and oxygen atoms in total. The lowest BCUT2D eigenvalue weighted by molar-refractivity contribution is -0.137. The molecule has 11 heteroatoms. The Bertz CT molecular complexity index is 1690. The zero-order chi connectivity index (χ0) is 30.0. The number of alkyl halides is 3. The number of carbonyl (C=O) groups is 2. The number of hydrogen-bond acceptors (Lipinski definition) is 5. The third-order valence-corrected chi connectivity index (χ3v) is 7.20. The van der Waals surface area contributed by atoms with Gasteiger partial charge in [-0.2, -0.15) is 13.2 Å². The molecule has 2 amide bonds. The van der Waals surface area contributed by atoms with Gasteiger partial charge >= 0.3 is 6.18 Å². The molecule has 0 saturated heterocycles. The predicted octanol–water partition coefficient (Wildman–Crippen LogP) is 5.26. The van der Waals surface area contributed by atoms with Gasteiger partial charge in [0.15, 0.2) is 0 Å². The van der Waals surface area contributed by atoms with Crippen molar-refractivity contribution in [3.63, 3.8) is 0 Å². The number of amides is 2. The Labute approximate surface area is 239 Å². The monoisotopic (exact) mass is 575 g/mol. The first-order valence-corrected chi connectivity index (χ1v) is 13.3. The molecule has 5 rings (SSSR count). The molecule has 1 aliphatic heterocycles. The highest BCUT2D eigenvalue weighted by Gasteiger charge is 2.36. The molecule has 42 heavy (non-hydrogen) atoms. The maximum absolute atomic E-state index is 13.6. The molecule has 216 valence electrons. The molecule has 4 aromatic rings. The van der Waals surface area contributed by atoms with Crippen LogP contribution in [0, 0.1) is 0 Å². The average molecular weight is 576 g/mol. The number of nitrogens with two attached hydrogens (primary N) is 1. The van der Waals surface area contributed by atoms with Gasteiger partial charge in [0.05, 0.1) is 17.7 Å². The van der Waals surface area contributed by atoms with Gasteiger partial charge in [-0.3, -0.25) is 19.0 Å². The van der Waals surface area contributed by atoms with E-state index in [0.29, 0.717) is 11.5 Å². The lowest BCUT2D eigenvalue weighted by Gasteiger charge is -2.17. The Morgan fingerprint density at radius 2 is 1.69 bits per heavy atom. The summed E-state index contributed by atoms with van der Waals surface area (Å²) in [7, 11) is 0. The highest BCUT2D eigenvalue weighted by Crippen LogP contribution is 2.34. The van der Waals surface area contributed by atoms with Crippen LogP contribution < -0.4 is 21.9 Å². The van der Waals surface area contributed by atoms with Crippen molar-refractivity contribution < 1.29 is 22.8 Å². The molecule has 3 aromatic carbocycles. The van der Waals surface area contributed by atoms with E-state index in [-0.39, 0.29) is 42.2 Å². The van der Waals surface area contributed by atoms with Gasteiger partial charge in [-0.15, -0.1) is 0 Å². The summed E-state index contributed by atoms with van der Waals surface area (Å²) in [4.78, 5) is 43.4. The van der Waals surface area contributed by atoms with Crippen LogP contribution in [0.25, 0.3) is 11.1 Å². The summed E-state index contributed by atoms with van der Waals surface area (Å²) in [6, 6.07) is 20.8. The first-order valence-electron chi connectivity index (χ1n) is 13.3. The number of nitrogens with zero attached hydrogens (tertiary/aromatic N) is 2.